The number of benzene rings is 1. The molecule has 1 saturated carbocycles. The number of imide groups is 1. The summed E-state index contributed by atoms with van der Waals surface area (Å²) >= 11 is 0. The average molecular weight is 372 g/mol. The van der Waals surface area contributed by atoms with E-state index >= 15 is 0 Å². The molecule has 2 fully saturated rings. The summed E-state index contributed by atoms with van der Waals surface area (Å²) in [6.45, 7) is 5.56. The molecule has 27 heavy (non-hydrogen) atoms. The van der Waals surface area contributed by atoms with Gasteiger partial charge in [-0.25, -0.2) is 4.79 Å². The van der Waals surface area contributed by atoms with Gasteiger partial charge in [0.25, 0.3) is 11.8 Å². The molecule has 0 aromatic heterocycles. The molecule has 0 unspecified atom stereocenters. The Morgan fingerprint density at radius 1 is 1.26 bits per heavy atom. The number of carbonyl (C=O) groups is 3. The van der Waals surface area contributed by atoms with Gasteiger partial charge >= 0.3 is 6.03 Å². The van der Waals surface area contributed by atoms with Crippen LogP contribution >= 0.6 is 0 Å². The molecular formula is C20H28N4O3. The lowest BCUT2D eigenvalue weighted by Crippen LogP contribution is -2.52. The van der Waals surface area contributed by atoms with Crippen molar-refractivity contribution >= 4 is 17.8 Å². The highest BCUT2D eigenvalue weighted by Crippen LogP contribution is 2.35. The van der Waals surface area contributed by atoms with Crippen LogP contribution in [-0.2, 0) is 16.1 Å². The van der Waals surface area contributed by atoms with Gasteiger partial charge in [0.15, 0.2) is 0 Å². The lowest BCUT2D eigenvalue weighted by molar-refractivity contribution is -0.140. The van der Waals surface area contributed by atoms with E-state index in [1.54, 1.807) is 0 Å². The minimum Gasteiger partial charge on any atom is -0.322 e. The Kier molecular flexibility index (Phi) is 5.79. The highest BCUT2D eigenvalue weighted by atomic mass is 16.2. The molecule has 1 spiro atoms. The summed E-state index contributed by atoms with van der Waals surface area (Å²) in [5.41, 5.74) is 2.77. The monoisotopic (exact) mass is 372 g/mol. The van der Waals surface area contributed by atoms with Gasteiger partial charge in [-0.1, -0.05) is 44.2 Å². The molecule has 2 N–H and O–H groups in total. The molecule has 1 aromatic carbocycles. The van der Waals surface area contributed by atoms with Gasteiger partial charge in [0.1, 0.15) is 5.54 Å². The fraction of sp³-hybridized carbons (Fsp3) is 0.550. The number of hydrogen-bond acceptors (Lipinski definition) is 4. The molecule has 1 saturated heterocycles. The molecule has 7 nitrogen and oxygen atoms in total. The molecule has 1 aromatic rings. The molecule has 0 atom stereocenters. The highest BCUT2D eigenvalue weighted by Gasteiger charge is 2.52. The maximum Gasteiger partial charge on any atom is 0.344 e. The number of nitrogens with zero attached hydrogens (tertiary/aromatic N) is 2. The first-order chi connectivity index (χ1) is 12.9. The molecule has 0 bridgehead atoms. The Hall–Kier alpha value is -2.41. The van der Waals surface area contributed by atoms with Gasteiger partial charge < -0.3 is 5.32 Å². The Morgan fingerprint density at radius 3 is 2.56 bits per heavy atom. The molecule has 3 rings (SSSR count). The first-order valence-corrected chi connectivity index (χ1v) is 9.66. The summed E-state index contributed by atoms with van der Waals surface area (Å²) in [4.78, 5) is 39.5. The van der Waals surface area contributed by atoms with Crippen LogP contribution in [0.15, 0.2) is 30.3 Å². The van der Waals surface area contributed by atoms with Crippen LogP contribution in [0, 0.1) is 5.92 Å². The molecule has 0 radical (unpaired) electrons. The van der Waals surface area contributed by atoms with Crippen LogP contribution in [0.4, 0.5) is 4.79 Å². The van der Waals surface area contributed by atoms with Gasteiger partial charge in [0.2, 0.25) is 0 Å². The Bertz CT molecular complexity index is 698. The van der Waals surface area contributed by atoms with Crippen molar-refractivity contribution in [2.75, 3.05) is 13.1 Å². The van der Waals surface area contributed by atoms with Gasteiger partial charge in [-0.05, 0) is 43.7 Å². The fourth-order valence-corrected chi connectivity index (χ4v) is 3.80. The zero-order chi connectivity index (χ0) is 19.4. The topological polar surface area (TPSA) is 81.8 Å². The minimum absolute atomic E-state index is 0.118. The van der Waals surface area contributed by atoms with E-state index in [0.717, 1.165) is 23.4 Å². The second kappa shape index (κ2) is 8.08. The van der Waals surface area contributed by atoms with Crippen LogP contribution in [0.25, 0.3) is 0 Å². The average Bonchev–Trinajstić information content (AvgIpc) is 2.89. The molecule has 1 heterocycles. The molecule has 4 amide bonds. The SMILES string of the molecule is CCN(CC(=O)NN1C(=O)NC2(CCC(C)CC2)C1=O)Cc1ccccc1. The zero-order valence-electron chi connectivity index (χ0n) is 16.0. The van der Waals surface area contributed by atoms with Crippen molar-refractivity contribution in [1.82, 2.24) is 20.7 Å². The molecule has 146 valence electrons. The number of amides is 4. The maximum atomic E-state index is 12.8. The van der Waals surface area contributed by atoms with Gasteiger partial charge in [-0.15, -0.1) is 0 Å². The zero-order valence-corrected chi connectivity index (χ0v) is 16.0. The number of carbonyl (C=O) groups excluding carboxylic acids is 3. The summed E-state index contributed by atoms with van der Waals surface area (Å²) in [6.07, 6.45) is 3.05. The van der Waals surface area contributed by atoms with Crippen molar-refractivity contribution in [3.63, 3.8) is 0 Å². The Labute approximate surface area is 160 Å². The van der Waals surface area contributed by atoms with E-state index in [1.165, 1.54) is 0 Å². The second-order valence-electron chi connectivity index (χ2n) is 7.66. The summed E-state index contributed by atoms with van der Waals surface area (Å²) in [5.74, 6) is -0.142. The fourth-order valence-electron chi connectivity index (χ4n) is 3.80. The summed E-state index contributed by atoms with van der Waals surface area (Å²) < 4.78 is 0. The van der Waals surface area contributed by atoms with E-state index in [2.05, 4.69) is 17.7 Å². The van der Waals surface area contributed by atoms with Crippen LogP contribution in [0.3, 0.4) is 0 Å². The lowest BCUT2D eigenvalue weighted by Gasteiger charge is -2.33. The molecular weight excluding hydrogens is 344 g/mol. The minimum atomic E-state index is -0.842. The van der Waals surface area contributed by atoms with E-state index in [-0.39, 0.29) is 18.4 Å². The van der Waals surface area contributed by atoms with Gasteiger partial charge in [0, 0.05) is 6.54 Å². The van der Waals surface area contributed by atoms with Gasteiger partial charge in [-0.3, -0.25) is 19.9 Å². The number of nitrogens with one attached hydrogen (secondary N) is 2. The highest BCUT2D eigenvalue weighted by molar-refractivity contribution is 6.08. The lowest BCUT2D eigenvalue weighted by atomic mass is 9.77. The summed E-state index contributed by atoms with van der Waals surface area (Å²) in [5, 5.41) is 3.68. The van der Waals surface area contributed by atoms with Gasteiger partial charge in [-0.2, -0.15) is 5.01 Å². The summed E-state index contributed by atoms with van der Waals surface area (Å²) in [7, 11) is 0. The largest absolute Gasteiger partial charge is 0.344 e. The van der Waals surface area contributed by atoms with Crippen LogP contribution in [0.5, 0.6) is 0 Å². The first kappa shape index (κ1) is 19.4. The van der Waals surface area contributed by atoms with Crippen molar-refractivity contribution in [1.29, 1.82) is 0 Å². The van der Waals surface area contributed by atoms with E-state index in [4.69, 9.17) is 0 Å². The number of urea groups is 1. The van der Waals surface area contributed by atoms with Gasteiger partial charge in [0.05, 0.1) is 6.54 Å². The number of rotatable bonds is 6. The molecule has 7 heteroatoms. The standard InChI is InChI=1S/C20H28N4O3/c1-3-23(13-16-7-5-4-6-8-16)14-17(25)22-24-18(26)20(21-19(24)27)11-9-15(2)10-12-20/h4-8,15H,3,9-14H2,1-2H3,(H,21,27)(H,22,25). The third-order valence-corrected chi connectivity index (χ3v) is 5.59. The second-order valence-corrected chi connectivity index (χ2v) is 7.66. The normalized spacial score (nSPS) is 25.1. The molecule has 2 aliphatic rings. The van der Waals surface area contributed by atoms with E-state index in [0.29, 0.717) is 31.8 Å². The number of hydrogen-bond donors (Lipinski definition) is 2. The van der Waals surface area contributed by atoms with Crippen LogP contribution < -0.4 is 10.7 Å². The van der Waals surface area contributed by atoms with Crippen LogP contribution in [-0.4, -0.2) is 46.4 Å². The molecule has 1 aliphatic carbocycles. The molecule has 1 aliphatic heterocycles. The van der Waals surface area contributed by atoms with E-state index < -0.39 is 11.6 Å². The first-order valence-electron chi connectivity index (χ1n) is 9.66. The van der Waals surface area contributed by atoms with Crippen molar-refractivity contribution in [3.8, 4) is 0 Å². The smallest absolute Gasteiger partial charge is 0.322 e. The Morgan fingerprint density at radius 2 is 1.93 bits per heavy atom. The maximum absolute atomic E-state index is 12.8. The third-order valence-electron chi connectivity index (χ3n) is 5.59. The van der Waals surface area contributed by atoms with Crippen LogP contribution in [0.1, 0.15) is 45.1 Å². The van der Waals surface area contributed by atoms with Crippen molar-refractivity contribution in [2.24, 2.45) is 5.92 Å². The predicted molar refractivity (Wildman–Crippen MR) is 101 cm³/mol. The third kappa shape index (κ3) is 4.30. The Balaban J connectivity index is 1.58. The number of likely N-dealkylation sites (N-methyl/N-ethyl adjacent to an activating group) is 1. The van der Waals surface area contributed by atoms with Crippen molar-refractivity contribution in [3.05, 3.63) is 35.9 Å². The van der Waals surface area contributed by atoms with Crippen molar-refractivity contribution in [2.45, 2.75) is 51.6 Å². The van der Waals surface area contributed by atoms with Crippen molar-refractivity contribution < 1.29 is 14.4 Å². The predicted octanol–water partition coefficient (Wildman–Crippen LogP) is 2.04. The number of hydrazine groups is 1. The van der Waals surface area contributed by atoms with E-state index in [9.17, 15) is 14.4 Å². The quantitative estimate of drug-likeness (QED) is 0.749. The summed E-state index contributed by atoms with van der Waals surface area (Å²) in [6, 6.07) is 9.35. The van der Waals surface area contributed by atoms with E-state index in [1.807, 2.05) is 42.2 Å². The van der Waals surface area contributed by atoms with Crippen LogP contribution in [0.2, 0.25) is 0 Å².